The predicted molar refractivity (Wildman–Crippen MR) is 112 cm³/mol. The van der Waals surface area contributed by atoms with Crippen molar-refractivity contribution in [2.24, 2.45) is 0 Å². The van der Waals surface area contributed by atoms with Crippen molar-refractivity contribution in [1.82, 2.24) is 0 Å². The summed E-state index contributed by atoms with van der Waals surface area (Å²) in [5, 5.41) is 5.74. The van der Waals surface area contributed by atoms with E-state index in [9.17, 15) is 9.59 Å². The zero-order chi connectivity index (χ0) is 19.7. The second kappa shape index (κ2) is 7.40. The Morgan fingerprint density at radius 1 is 1.04 bits per heavy atom. The monoisotopic (exact) mass is 390 g/mol. The highest BCUT2D eigenvalue weighted by Crippen LogP contribution is 2.37. The largest absolute Gasteiger partial charge is 0.454 e. The van der Waals surface area contributed by atoms with Crippen LogP contribution in [0.25, 0.3) is 0 Å². The number of fused-ring (bicyclic) bond motifs is 2. The minimum atomic E-state index is -0.278. The van der Waals surface area contributed by atoms with Crippen LogP contribution in [-0.4, -0.2) is 18.1 Å². The van der Waals surface area contributed by atoms with Crippen LogP contribution in [0.4, 0.5) is 11.4 Å². The molecule has 0 aromatic heterocycles. The minimum Gasteiger partial charge on any atom is -0.454 e. The van der Waals surface area contributed by atoms with Crippen LogP contribution in [-0.2, 0) is 0 Å². The number of ether oxygens (including phenoxy) is 1. The molecule has 3 aromatic rings. The molecule has 6 heteroatoms. The van der Waals surface area contributed by atoms with Gasteiger partial charge in [0.25, 0.3) is 11.8 Å². The SMILES string of the molecule is CSc1ccccc1C(=O)Nc1ccc2c(c1)C(=O)Nc1cc(C)ccc1O2. The van der Waals surface area contributed by atoms with Gasteiger partial charge in [-0.1, -0.05) is 18.2 Å². The number of anilines is 2. The quantitative estimate of drug-likeness (QED) is 0.594. The number of carbonyl (C=O) groups excluding carboxylic acids is 2. The number of thioether (sulfide) groups is 1. The van der Waals surface area contributed by atoms with Crippen molar-refractivity contribution in [3.8, 4) is 11.5 Å². The Hall–Kier alpha value is -3.25. The summed E-state index contributed by atoms with van der Waals surface area (Å²) in [5.74, 6) is 0.532. The molecule has 1 aliphatic rings. The van der Waals surface area contributed by atoms with E-state index in [1.165, 1.54) is 11.8 Å². The van der Waals surface area contributed by atoms with Crippen LogP contribution in [0.15, 0.2) is 65.6 Å². The van der Waals surface area contributed by atoms with E-state index < -0.39 is 0 Å². The molecule has 3 aromatic carbocycles. The lowest BCUT2D eigenvalue weighted by molar-refractivity contribution is 0.101. The van der Waals surface area contributed by atoms with Crippen LogP contribution < -0.4 is 15.4 Å². The van der Waals surface area contributed by atoms with Crippen LogP contribution in [0.3, 0.4) is 0 Å². The number of amides is 2. The molecule has 0 saturated heterocycles. The number of rotatable bonds is 3. The average Bonchev–Trinajstić information content (AvgIpc) is 2.83. The van der Waals surface area contributed by atoms with E-state index in [4.69, 9.17) is 4.74 Å². The second-order valence-corrected chi connectivity index (χ2v) is 7.27. The molecule has 0 spiro atoms. The Balaban J connectivity index is 1.63. The van der Waals surface area contributed by atoms with Crippen molar-refractivity contribution in [2.45, 2.75) is 11.8 Å². The highest BCUT2D eigenvalue weighted by molar-refractivity contribution is 7.98. The van der Waals surface area contributed by atoms with Crippen LogP contribution in [0, 0.1) is 6.92 Å². The first-order valence-electron chi connectivity index (χ1n) is 8.73. The summed E-state index contributed by atoms with van der Waals surface area (Å²) >= 11 is 1.51. The van der Waals surface area contributed by atoms with E-state index in [-0.39, 0.29) is 11.8 Å². The third kappa shape index (κ3) is 3.46. The van der Waals surface area contributed by atoms with Crippen molar-refractivity contribution in [2.75, 3.05) is 16.9 Å². The molecule has 0 fully saturated rings. The molecule has 2 N–H and O–H groups in total. The van der Waals surface area contributed by atoms with Gasteiger partial charge >= 0.3 is 0 Å². The van der Waals surface area contributed by atoms with Crippen molar-refractivity contribution < 1.29 is 14.3 Å². The summed E-state index contributed by atoms with van der Waals surface area (Å²) < 4.78 is 5.91. The zero-order valence-corrected chi connectivity index (χ0v) is 16.2. The van der Waals surface area contributed by atoms with Gasteiger partial charge in [0, 0.05) is 10.6 Å². The van der Waals surface area contributed by atoms with Gasteiger partial charge in [-0.3, -0.25) is 9.59 Å². The maximum atomic E-state index is 12.7. The van der Waals surface area contributed by atoms with Gasteiger partial charge in [0.2, 0.25) is 0 Å². The minimum absolute atomic E-state index is 0.223. The second-order valence-electron chi connectivity index (χ2n) is 6.42. The molecule has 2 amide bonds. The van der Waals surface area contributed by atoms with Crippen LogP contribution in [0.5, 0.6) is 11.5 Å². The first-order chi connectivity index (χ1) is 13.5. The molecule has 0 radical (unpaired) electrons. The molecule has 0 bridgehead atoms. The molecule has 140 valence electrons. The van der Waals surface area contributed by atoms with E-state index >= 15 is 0 Å². The number of carbonyl (C=O) groups is 2. The molecule has 1 heterocycles. The Morgan fingerprint density at radius 3 is 2.64 bits per heavy atom. The van der Waals surface area contributed by atoms with Crippen LogP contribution in [0.1, 0.15) is 26.3 Å². The standard InChI is InChI=1S/C22H18N2O3S/c1-13-7-9-19-17(11-13)24-22(26)16-12-14(8-10-18(16)27-19)23-21(25)15-5-3-4-6-20(15)28-2/h3-12H,1-2H3,(H,23,25)(H,24,26). The third-order valence-corrected chi connectivity index (χ3v) is 5.23. The van der Waals surface area contributed by atoms with Gasteiger partial charge in [-0.05, 0) is 61.2 Å². The van der Waals surface area contributed by atoms with Gasteiger partial charge in [-0.15, -0.1) is 11.8 Å². The smallest absolute Gasteiger partial charge is 0.259 e. The number of hydrogen-bond acceptors (Lipinski definition) is 4. The maximum absolute atomic E-state index is 12.7. The topological polar surface area (TPSA) is 67.4 Å². The Kier molecular flexibility index (Phi) is 4.79. The lowest BCUT2D eigenvalue weighted by atomic mass is 10.1. The number of aryl methyl sites for hydroxylation is 1. The molecule has 28 heavy (non-hydrogen) atoms. The molecule has 0 atom stereocenters. The fourth-order valence-electron chi connectivity index (χ4n) is 3.04. The maximum Gasteiger partial charge on any atom is 0.259 e. The third-order valence-electron chi connectivity index (χ3n) is 4.44. The lowest BCUT2D eigenvalue weighted by Gasteiger charge is -2.11. The number of nitrogens with one attached hydrogen (secondary N) is 2. The van der Waals surface area contributed by atoms with Gasteiger partial charge in [-0.2, -0.15) is 0 Å². The van der Waals surface area contributed by atoms with Gasteiger partial charge in [-0.25, -0.2) is 0 Å². The average molecular weight is 390 g/mol. The summed E-state index contributed by atoms with van der Waals surface area (Å²) in [6, 6.07) is 18.1. The fraction of sp³-hybridized carbons (Fsp3) is 0.0909. The summed E-state index contributed by atoms with van der Waals surface area (Å²) in [6.07, 6.45) is 1.93. The number of benzene rings is 3. The fourth-order valence-corrected chi connectivity index (χ4v) is 3.64. The summed E-state index contributed by atoms with van der Waals surface area (Å²) in [4.78, 5) is 26.2. The van der Waals surface area contributed by atoms with Crippen molar-refractivity contribution in [1.29, 1.82) is 0 Å². The first-order valence-corrected chi connectivity index (χ1v) is 9.96. The summed E-state index contributed by atoms with van der Waals surface area (Å²) in [6.45, 7) is 1.95. The molecule has 4 rings (SSSR count). The highest BCUT2D eigenvalue weighted by Gasteiger charge is 2.22. The Labute approximate surface area is 167 Å². The van der Waals surface area contributed by atoms with Crippen molar-refractivity contribution in [3.05, 3.63) is 77.4 Å². The molecule has 5 nitrogen and oxygen atoms in total. The molecule has 0 saturated carbocycles. The van der Waals surface area contributed by atoms with E-state index in [2.05, 4.69) is 10.6 Å². The molecule has 0 unspecified atom stereocenters. The molecular weight excluding hydrogens is 372 g/mol. The van der Waals surface area contributed by atoms with E-state index in [0.717, 1.165) is 10.5 Å². The van der Waals surface area contributed by atoms with Crippen molar-refractivity contribution in [3.63, 3.8) is 0 Å². The molecule has 1 aliphatic heterocycles. The zero-order valence-electron chi connectivity index (χ0n) is 15.4. The van der Waals surface area contributed by atoms with E-state index in [1.807, 2.05) is 49.6 Å². The highest BCUT2D eigenvalue weighted by atomic mass is 32.2. The van der Waals surface area contributed by atoms with Crippen molar-refractivity contribution >= 4 is 35.0 Å². The normalized spacial score (nSPS) is 12.1. The van der Waals surface area contributed by atoms with Gasteiger partial charge < -0.3 is 15.4 Å². The van der Waals surface area contributed by atoms with Gasteiger partial charge in [0.05, 0.1) is 16.8 Å². The molecular formula is C22H18N2O3S. The van der Waals surface area contributed by atoms with Crippen LogP contribution >= 0.6 is 11.8 Å². The summed E-state index contributed by atoms with van der Waals surface area (Å²) in [5.41, 5.74) is 3.13. The Bertz CT molecular complexity index is 1090. The molecule has 0 aliphatic carbocycles. The number of hydrogen-bond donors (Lipinski definition) is 2. The van der Waals surface area contributed by atoms with Crippen LogP contribution in [0.2, 0.25) is 0 Å². The van der Waals surface area contributed by atoms with Gasteiger partial charge in [0.1, 0.15) is 5.75 Å². The van der Waals surface area contributed by atoms with Gasteiger partial charge in [0.15, 0.2) is 5.75 Å². The Morgan fingerprint density at radius 2 is 1.82 bits per heavy atom. The lowest BCUT2D eigenvalue weighted by Crippen LogP contribution is -2.15. The first kappa shape index (κ1) is 18.1. The van der Waals surface area contributed by atoms with E-state index in [0.29, 0.717) is 34.0 Å². The summed E-state index contributed by atoms with van der Waals surface area (Å²) in [7, 11) is 0. The predicted octanol–water partition coefficient (Wildman–Crippen LogP) is 5.33. The van der Waals surface area contributed by atoms with E-state index in [1.54, 1.807) is 24.3 Å².